The Balaban J connectivity index is 4.47. The molecule has 0 aliphatic carbocycles. The molecular weight excluding hydrogens is 186 g/mol. The van der Waals surface area contributed by atoms with Gasteiger partial charge in [-0.2, -0.15) is 0 Å². The van der Waals surface area contributed by atoms with Crippen molar-refractivity contribution in [1.29, 1.82) is 0 Å². The molecule has 0 aromatic carbocycles. The van der Waals surface area contributed by atoms with Gasteiger partial charge in [0, 0.05) is 23.9 Å². The fraction of sp³-hybridized carbons (Fsp3) is 0.692. The highest BCUT2D eigenvalue weighted by atomic mass is 16.1. The highest BCUT2D eigenvalue weighted by Gasteiger charge is 2.17. The summed E-state index contributed by atoms with van der Waals surface area (Å²) in [6.07, 6.45) is 7.49. The van der Waals surface area contributed by atoms with Crippen molar-refractivity contribution < 1.29 is 4.79 Å². The molecule has 0 heterocycles. The molecule has 0 unspecified atom stereocenters. The molecule has 0 saturated carbocycles. The molecule has 0 aliphatic rings. The number of hydrogen-bond donors (Lipinski definition) is 0. The van der Waals surface area contributed by atoms with E-state index in [9.17, 15) is 4.79 Å². The molecule has 2 heteroatoms. The second-order valence-corrected chi connectivity index (χ2v) is 3.86. The molecule has 86 valence electrons. The number of rotatable bonds is 7. The van der Waals surface area contributed by atoms with Crippen molar-refractivity contribution in [3.05, 3.63) is 11.8 Å². The molecule has 0 aliphatic heterocycles. The third kappa shape index (κ3) is 5.50. The maximum atomic E-state index is 12.0. The van der Waals surface area contributed by atoms with Gasteiger partial charge in [0.2, 0.25) is 0 Å². The summed E-state index contributed by atoms with van der Waals surface area (Å²) in [7, 11) is 0. The molecule has 0 fully saturated rings. The van der Waals surface area contributed by atoms with Crippen molar-refractivity contribution in [1.82, 2.24) is 0 Å². The van der Waals surface area contributed by atoms with Crippen LogP contribution < -0.4 is 0 Å². The predicted octanol–water partition coefficient (Wildman–Crippen LogP) is 3.77. The standard InChI is InChI=1S/C13H23NO/c1-5-8-12(9-6-2)13(15)11(4)10-14-7-3/h7,10,12H,5-6,8-9H2,1-4H3/b11-10+,14-7?. The van der Waals surface area contributed by atoms with Crippen molar-refractivity contribution >= 4 is 12.0 Å². The van der Waals surface area contributed by atoms with E-state index in [-0.39, 0.29) is 11.7 Å². The summed E-state index contributed by atoms with van der Waals surface area (Å²) in [6, 6.07) is 0. The molecule has 0 bridgehead atoms. The van der Waals surface area contributed by atoms with Crippen LogP contribution in [0.3, 0.4) is 0 Å². The van der Waals surface area contributed by atoms with Gasteiger partial charge in [0.15, 0.2) is 5.78 Å². The number of nitrogens with zero attached hydrogens (tertiary/aromatic N) is 1. The monoisotopic (exact) mass is 209 g/mol. The van der Waals surface area contributed by atoms with Crippen LogP contribution >= 0.6 is 0 Å². The SMILES string of the molecule is CC=N/C=C(\C)C(=O)C(CCC)CCC. The molecule has 15 heavy (non-hydrogen) atoms. The second kappa shape index (κ2) is 8.39. The van der Waals surface area contributed by atoms with E-state index >= 15 is 0 Å². The first kappa shape index (κ1) is 14.1. The summed E-state index contributed by atoms with van der Waals surface area (Å²) in [5.41, 5.74) is 0.778. The topological polar surface area (TPSA) is 29.4 Å². The Morgan fingerprint density at radius 2 is 1.80 bits per heavy atom. The van der Waals surface area contributed by atoms with Crippen LogP contribution in [0.2, 0.25) is 0 Å². The molecule has 0 amide bonds. The summed E-state index contributed by atoms with van der Waals surface area (Å²) in [6.45, 7) is 7.95. The first-order chi connectivity index (χ1) is 7.17. The molecule has 0 N–H and O–H groups in total. The van der Waals surface area contributed by atoms with E-state index in [0.717, 1.165) is 31.3 Å². The number of ketones is 1. The molecule has 0 rings (SSSR count). The maximum absolute atomic E-state index is 12.0. The predicted molar refractivity (Wildman–Crippen MR) is 66.2 cm³/mol. The van der Waals surface area contributed by atoms with Gasteiger partial charge in [-0.25, -0.2) is 0 Å². The Morgan fingerprint density at radius 3 is 2.20 bits per heavy atom. The van der Waals surface area contributed by atoms with Crippen LogP contribution in [0.15, 0.2) is 16.8 Å². The van der Waals surface area contributed by atoms with E-state index in [1.807, 2.05) is 13.8 Å². The smallest absolute Gasteiger partial charge is 0.163 e. The Kier molecular flexibility index (Phi) is 7.88. The first-order valence-corrected chi connectivity index (χ1v) is 5.86. The second-order valence-electron chi connectivity index (χ2n) is 3.86. The van der Waals surface area contributed by atoms with Gasteiger partial charge in [0.1, 0.15) is 0 Å². The third-order valence-corrected chi connectivity index (χ3v) is 2.45. The minimum atomic E-state index is 0.198. The summed E-state index contributed by atoms with van der Waals surface area (Å²) in [5.74, 6) is 0.465. The van der Waals surface area contributed by atoms with Crippen LogP contribution in [0.4, 0.5) is 0 Å². The van der Waals surface area contributed by atoms with Crippen LogP contribution in [0.25, 0.3) is 0 Å². The van der Waals surface area contributed by atoms with Crippen molar-refractivity contribution in [2.45, 2.75) is 53.4 Å². The zero-order valence-corrected chi connectivity index (χ0v) is 10.4. The lowest BCUT2D eigenvalue weighted by Crippen LogP contribution is -2.15. The van der Waals surface area contributed by atoms with Crippen molar-refractivity contribution in [3.8, 4) is 0 Å². The van der Waals surface area contributed by atoms with Gasteiger partial charge in [0.25, 0.3) is 0 Å². The van der Waals surface area contributed by atoms with Gasteiger partial charge in [-0.15, -0.1) is 0 Å². The zero-order chi connectivity index (χ0) is 11.7. The lowest BCUT2D eigenvalue weighted by atomic mass is 9.90. The fourth-order valence-corrected chi connectivity index (χ4v) is 1.68. The quantitative estimate of drug-likeness (QED) is 0.463. The fourth-order valence-electron chi connectivity index (χ4n) is 1.68. The normalized spacial score (nSPS) is 12.7. The number of aliphatic imine (C=N–C) groups is 1. The van der Waals surface area contributed by atoms with Gasteiger partial charge in [-0.05, 0) is 26.7 Å². The molecule has 0 saturated heterocycles. The minimum Gasteiger partial charge on any atom is -0.294 e. The van der Waals surface area contributed by atoms with Gasteiger partial charge < -0.3 is 0 Å². The highest BCUT2D eigenvalue weighted by Crippen LogP contribution is 2.18. The summed E-state index contributed by atoms with van der Waals surface area (Å²) >= 11 is 0. The number of carbonyl (C=O) groups is 1. The molecule has 0 aromatic heterocycles. The largest absolute Gasteiger partial charge is 0.294 e. The number of hydrogen-bond acceptors (Lipinski definition) is 2. The average Bonchev–Trinajstić information content (AvgIpc) is 2.24. The molecule has 0 spiro atoms. The minimum absolute atomic E-state index is 0.198. The third-order valence-electron chi connectivity index (χ3n) is 2.45. The molecule has 0 radical (unpaired) electrons. The van der Waals surface area contributed by atoms with Gasteiger partial charge in [-0.1, -0.05) is 26.7 Å². The molecule has 0 atom stereocenters. The summed E-state index contributed by atoms with van der Waals surface area (Å²) in [4.78, 5) is 16.0. The van der Waals surface area contributed by atoms with Crippen LogP contribution in [-0.2, 0) is 4.79 Å². The average molecular weight is 209 g/mol. The van der Waals surface area contributed by atoms with Crippen LogP contribution in [0, 0.1) is 5.92 Å². The van der Waals surface area contributed by atoms with Gasteiger partial charge in [-0.3, -0.25) is 9.79 Å². The molecular formula is C13H23NO. The van der Waals surface area contributed by atoms with Crippen LogP contribution in [0.5, 0.6) is 0 Å². The highest BCUT2D eigenvalue weighted by molar-refractivity contribution is 5.96. The lowest BCUT2D eigenvalue weighted by Gasteiger charge is -2.13. The molecule has 0 aromatic rings. The lowest BCUT2D eigenvalue weighted by molar-refractivity contribution is -0.119. The van der Waals surface area contributed by atoms with E-state index in [1.54, 1.807) is 12.4 Å². The summed E-state index contributed by atoms with van der Waals surface area (Å²) < 4.78 is 0. The Morgan fingerprint density at radius 1 is 1.27 bits per heavy atom. The van der Waals surface area contributed by atoms with Crippen LogP contribution in [-0.4, -0.2) is 12.0 Å². The van der Waals surface area contributed by atoms with Crippen LogP contribution in [0.1, 0.15) is 53.4 Å². The zero-order valence-electron chi connectivity index (χ0n) is 10.4. The molecule has 2 nitrogen and oxygen atoms in total. The van der Waals surface area contributed by atoms with Crippen molar-refractivity contribution in [3.63, 3.8) is 0 Å². The van der Waals surface area contributed by atoms with Crippen molar-refractivity contribution in [2.75, 3.05) is 0 Å². The van der Waals surface area contributed by atoms with E-state index in [0.29, 0.717) is 0 Å². The Hall–Kier alpha value is -0.920. The number of allylic oxidation sites excluding steroid dienone is 1. The Bertz CT molecular complexity index is 235. The van der Waals surface area contributed by atoms with Crippen molar-refractivity contribution in [2.24, 2.45) is 10.9 Å². The Labute approximate surface area is 93.5 Å². The van der Waals surface area contributed by atoms with E-state index in [1.165, 1.54) is 0 Å². The van der Waals surface area contributed by atoms with E-state index < -0.39 is 0 Å². The maximum Gasteiger partial charge on any atom is 0.163 e. The van der Waals surface area contributed by atoms with Gasteiger partial charge >= 0.3 is 0 Å². The number of Topliss-reactive ketones (excluding diaryl/α,β-unsaturated/α-hetero) is 1. The summed E-state index contributed by atoms with van der Waals surface area (Å²) in [5, 5.41) is 0. The van der Waals surface area contributed by atoms with E-state index in [4.69, 9.17) is 0 Å². The first-order valence-electron chi connectivity index (χ1n) is 5.86. The number of carbonyl (C=O) groups excluding carboxylic acids is 1. The van der Waals surface area contributed by atoms with E-state index in [2.05, 4.69) is 18.8 Å². The van der Waals surface area contributed by atoms with Gasteiger partial charge in [0.05, 0.1) is 0 Å².